The number of nitrogens with zero attached hydrogens (tertiary/aromatic N) is 5. The van der Waals surface area contributed by atoms with Crippen molar-refractivity contribution in [2.24, 2.45) is 0 Å². The van der Waals surface area contributed by atoms with Crippen molar-refractivity contribution in [1.29, 1.82) is 0 Å². The summed E-state index contributed by atoms with van der Waals surface area (Å²) in [7, 11) is 0. The van der Waals surface area contributed by atoms with Gasteiger partial charge in [-0.1, -0.05) is 30.3 Å². The maximum atomic E-state index is 14.0. The number of ether oxygens (including phenoxy) is 1. The average molecular weight is 457 g/mol. The van der Waals surface area contributed by atoms with Crippen LogP contribution in [-0.4, -0.2) is 62.7 Å². The molecule has 0 bridgehead atoms. The lowest BCUT2D eigenvalue weighted by atomic mass is 10.1. The molecule has 2 amide bonds. The van der Waals surface area contributed by atoms with Gasteiger partial charge in [-0.3, -0.25) is 9.63 Å². The lowest BCUT2D eigenvalue weighted by molar-refractivity contribution is -0.159. The Labute approximate surface area is 188 Å². The molecule has 0 unspecified atom stereocenters. The van der Waals surface area contributed by atoms with Crippen LogP contribution in [0.3, 0.4) is 0 Å². The molecule has 4 rings (SSSR count). The summed E-state index contributed by atoms with van der Waals surface area (Å²) < 4.78 is 33.2. The summed E-state index contributed by atoms with van der Waals surface area (Å²) in [5.41, 5.74) is 0.710. The summed E-state index contributed by atoms with van der Waals surface area (Å²) in [6.45, 7) is 2.00. The van der Waals surface area contributed by atoms with E-state index >= 15 is 0 Å². The SMILES string of the molecule is C[C@H]1CN(C(=O)c2cc(F)c(F)cc2-n2nccn2)CCN(C(=O)OCc2ccccc2)O1. The number of aromatic nitrogens is 3. The lowest BCUT2D eigenvalue weighted by Gasteiger charge is -2.22. The fourth-order valence-corrected chi connectivity index (χ4v) is 3.41. The first-order valence-electron chi connectivity index (χ1n) is 10.2. The standard InChI is InChI=1S/C22H21F2N5O4/c1-15-13-27(9-10-28(33-15)22(31)32-14-16-5-3-2-4-6-16)21(30)17-11-18(23)19(24)12-20(17)29-25-7-8-26-29/h2-8,11-12,15H,9-10,13-14H2,1H3/t15-/m0/s1. The third-order valence-electron chi connectivity index (χ3n) is 4.96. The Bertz CT molecular complexity index is 1130. The number of hydroxylamine groups is 2. The number of carbonyl (C=O) groups is 2. The Balaban J connectivity index is 1.48. The van der Waals surface area contributed by atoms with Crippen molar-refractivity contribution in [1.82, 2.24) is 25.0 Å². The topological polar surface area (TPSA) is 89.8 Å². The highest BCUT2D eigenvalue weighted by Gasteiger charge is 2.30. The van der Waals surface area contributed by atoms with E-state index in [1.807, 2.05) is 30.3 Å². The molecule has 0 aliphatic carbocycles. The van der Waals surface area contributed by atoms with Gasteiger partial charge in [0.2, 0.25) is 0 Å². The van der Waals surface area contributed by atoms with Crippen molar-refractivity contribution in [3.63, 3.8) is 0 Å². The highest BCUT2D eigenvalue weighted by molar-refractivity contribution is 5.97. The van der Waals surface area contributed by atoms with E-state index < -0.39 is 29.7 Å². The normalized spacial score (nSPS) is 16.4. The minimum Gasteiger partial charge on any atom is -0.443 e. The van der Waals surface area contributed by atoms with Gasteiger partial charge in [-0.2, -0.15) is 20.1 Å². The van der Waals surface area contributed by atoms with E-state index in [0.29, 0.717) is 0 Å². The van der Waals surface area contributed by atoms with Crippen LogP contribution in [0.25, 0.3) is 5.69 Å². The summed E-state index contributed by atoms with van der Waals surface area (Å²) in [4.78, 5) is 33.8. The molecule has 11 heteroatoms. The first-order valence-corrected chi connectivity index (χ1v) is 10.2. The van der Waals surface area contributed by atoms with E-state index in [2.05, 4.69) is 10.2 Å². The Hall–Kier alpha value is -3.86. The minimum absolute atomic E-state index is 0.000783. The van der Waals surface area contributed by atoms with E-state index in [9.17, 15) is 18.4 Å². The Kier molecular flexibility index (Phi) is 6.59. The Morgan fingerprint density at radius 3 is 2.52 bits per heavy atom. The molecule has 2 heterocycles. The van der Waals surface area contributed by atoms with Crippen LogP contribution in [-0.2, 0) is 16.2 Å². The molecule has 0 N–H and O–H groups in total. The number of amides is 2. The Morgan fingerprint density at radius 1 is 1.09 bits per heavy atom. The van der Waals surface area contributed by atoms with E-state index in [-0.39, 0.29) is 37.5 Å². The molecule has 1 aliphatic rings. The summed E-state index contributed by atoms with van der Waals surface area (Å²) in [6, 6.07) is 10.9. The number of hydrogen-bond donors (Lipinski definition) is 0. The van der Waals surface area contributed by atoms with Crippen LogP contribution < -0.4 is 0 Å². The van der Waals surface area contributed by atoms with Gasteiger partial charge >= 0.3 is 6.09 Å². The molecular weight excluding hydrogens is 436 g/mol. The van der Waals surface area contributed by atoms with Crippen LogP contribution in [0.1, 0.15) is 22.8 Å². The number of rotatable bonds is 4. The number of halogens is 2. The molecule has 3 aromatic rings. The van der Waals surface area contributed by atoms with Crippen molar-refractivity contribution < 1.29 is 27.9 Å². The van der Waals surface area contributed by atoms with E-state index in [1.165, 1.54) is 17.3 Å². The van der Waals surface area contributed by atoms with Gasteiger partial charge in [-0.25, -0.2) is 13.6 Å². The van der Waals surface area contributed by atoms with Crippen LogP contribution in [0.2, 0.25) is 0 Å². The Morgan fingerprint density at radius 2 is 1.79 bits per heavy atom. The molecule has 0 saturated carbocycles. The monoisotopic (exact) mass is 457 g/mol. The highest BCUT2D eigenvalue weighted by atomic mass is 19.2. The predicted molar refractivity (Wildman–Crippen MR) is 111 cm³/mol. The van der Waals surface area contributed by atoms with Gasteiger partial charge in [0.25, 0.3) is 5.91 Å². The molecule has 0 radical (unpaired) electrons. The molecule has 1 fully saturated rings. The smallest absolute Gasteiger partial charge is 0.434 e. The van der Waals surface area contributed by atoms with Gasteiger partial charge in [0.15, 0.2) is 11.6 Å². The van der Waals surface area contributed by atoms with E-state index in [1.54, 1.807) is 6.92 Å². The number of carbonyl (C=O) groups excluding carboxylic acids is 2. The highest BCUT2D eigenvalue weighted by Crippen LogP contribution is 2.21. The van der Waals surface area contributed by atoms with Crippen molar-refractivity contribution in [3.8, 4) is 5.69 Å². The fourth-order valence-electron chi connectivity index (χ4n) is 3.41. The quantitative estimate of drug-likeness (QED) is 0.599. The van der Waals surface area contributed by atoms with Crippen LogP contribution >= 0.6 is 0 Å². The first-order chi connectivity index (χ1) is 15.9. The molecule has 2 aromatic carbocycles. The molecule has 0 spiro atoms. The van der Waals surface area contributed by atoms with Gasteiger partial charge in [0, 0.05) is 19.2 Å². The van der Waals surface area contributed by atoms with Gasteiger partial charge in [0.1, 0.15) is 18.4 Å². The summed E-state index contributed by atoms with van der Waals surface area (Å²) in [5, 5.41) is 8.88. The molecule has 1 saturated heterocycles. The second-order valence-corrected chi connectivity index (χ2v) is 7.41. The van der Waals surface area contributed by atoms with Gasteiger partial charge in [0.05, 0.1) is 24.5 Å². The minimum atomic E-state index is -1.17. The summed E-state index contributed by atoms with van der Waals surface area (Å²) in [6.07, 6.45) is 1.47. The second kappa shape index (κ2) is 9.74. The molecule has 33 heavy (non-hydrogen) atoms. The summed E-state index contributed by atoms with van der Waals surface area (Å²) in [5.74, 6) is -2.87. The molecule has 172 valence electrons. The zero-order valence-electron chi connectivity index (χ0n) is 17.7. The van der Waals surface area contributed by atoms with Gasteiger partial charge < -0.3 is 9.64 Å². The molecule has 1 aliphatic heterocycles. The number of hydrogen-bond acceptors (Lipinski definition) is 6. The van der Waals surface area contributed by atoms with Crippen LogP contribution in [0.5, 0.6) is 0 Å². The largest absolute Gasteiger partial charge is 0.443 e. The second-order valence-electron chi connectivity index (χ2n) is 7.41. The zero-order valence-corrected chi connectivity index (χ0v) is 17.7. The predicted octanol–water partition coefficient (Wildman–Crippen LogP) is 2.96. The molecule has 1 aromatic heterocycles. The molecular formula is C22H21F2N5O4. The third-order valence-corrected chi connectivity index (χ3v) is 4.96. The van der Waals surface area contributed by atoms with Crippen molar-refractivity contribution in [2.45, 2.75) is 19.6 Å². The lowest BCUT2D eigenvalue weighted by Crippen LogP contribution is -2.38. The summed E-state index contributed by atoms with van der Waals surface area (Å²) >= 11 is 0. The van der Waals surface area contributed by atoms with Gasteiger partial charge in [-0.05, 0) is 18.6 Å². The van der Waals surface area contributed by atoms with Crippen molar-refractivity contribution >= 4 is 12.0 Å². The van der Waals surface area contributed by atoms with Crippen LogP contribution in [0.15, 0.2) is 54.9 Å². The third kappa shape index (κ3) is 5.14. The molecule has 1 atom stereocenters. The number of benzene rings is 2. The van der Waals surface area contributed by atoms with Crippen molar-refractivity contribution in [3.05, 3.63) is 77.6 Å². The maximum absolute atomic E-state index is 14.0. The first kappa shape index (κ1) is 22.3. The zero-order chi connectivity index (χ0) is 23.4. The van der Waals surface area contributed by atoms with Crippen LogP contribution in [0, 0.1) is 11.6 Å². The van der Waals surface area contributed by atoms with Gasteiger partial charge in [-0.15, -0.1) is 0 Å². The van der Waals surface area contributed by atoms with E-state index in [4.69, 9.17) is 9.57 Å². The molecule has 9 nitrogen and oxygen atoms in total. The maximum Gasteiger partial charge on any atom is 0.434 e. The van der Waals surface area contributed by atoms with E-state index in [0.717, 1.165) is 27.6 Å². The van der Waals surface area contributed by atoms with Crippen molar-refractivity contribution in [2.75, 3.05) is 19.6 Å². The van der Waals surface area contributed by atoms with Crippen LogP contribution in [0.4, 0.5) is 13.6 Å². The fraction of sp³-hybridized carbons (Fsp3) is 0.273. The average Bonchev–Trinajstić information content (AvgIpc) is 3.28.